The average Bonchev–Trinajstić information content (AvgIpc) is 2.66. The second-order valence-corrected chi connectivity index (χ2v) is 7.71. The van der Waals surface area contributed by atoms with E-state index in [-0.39, 0.29) is 19.6 Å². The largest absolute Gasteiger partial charge is 0.457 e. The average molecular weight is 389 g/mol. The fourth-order valence-corrected chi connectivity index (χ4v) is 3.48. The summed E-state index contributed by atoms with van der Waals surface area (Å²) in [7, 11) is 0. The van der Waals surface area contributed by atoms with Gasteiger partial charge in [0.1, 0.15) is 18.3 Å². The molecule has 6 nitrogen and oxygen atoms in total. The van der Waals surface area contributed by atoms with E-state index in [1.165, 1.54) is 57.8 Å². The standard InChI is InChI=1S/C21H40O6/c1-2-3-4-5-6-7-8-9-10-11-12-13-14-19(24)27-21-18(15-22)26-16-17(23)20(21)25/h17-18,20-23,25H,2-16H2,1H3/t17-,18-,20-,21-/m1/s1. The van der Waals surface area contributed by atoms with Crippen molar-refractivity contribution in [1.82, 2.24) is 0 Å². The lowest BCUT2D eigenvalue weighted by atomic mass is 10.0. The minimum atomic E-state index is -1.22. The van der Waals surface area contributed by atoms with Crippen LogP contribution in [0.3, 0.4) is 0 Å². The van der Waals surface area contributed by atoms with E-state index in [4.69, 9.17) is 9.47 Å². The quantitative estimate of drug-likeness (QED) is 0.295. The zero-order chi connectivity index (χ0) is 19.9. The third kappa shape index (κ3) is 10.4. The Morgan fingerprint density at radius 2 is 1.44 bits per heavy atom. The number of hydrogen-bond acceptors (Lipinski definition) is 6. The molecule has 1 saturated heterocycles. The van der Waals surface area contributed by atoms with Gasteiger partial charge in [0, 0.05) is 6.42 Å². The van der Waals surface area contributed by atoms with Crippen LogP contribution in [-0.4, -0.2) is 58.9 Å². The molecular weight excluding hydrogens is 348 g/mol. The summed E-state index contributed by atoms with van der Waals surface area (Å²) in [6.07, 6.45) is 10.9. The van der Waals surface area contributed by atoms with Gasteiger partial charge in [0.25, 0.3) is 0 Å². The monoisotopic (exact) mass is 388 g/mol. The number of rotatable bonds is 15. The molecule has 0 aromatic carbocycles. The summed E-state index contributed by atoms with van der Waals surface area (Å²) < 4.78 is 10.4. The molecule has 0 bridgehead atoms. The van der Waals surface area contributed by atoms with Crippen molar-refractivity contribution >= 4 is 5.97 Å². The summed E-state index contributed by atoms with van der Waals surface area (Å²) in [6.45, 7) is 1.81. The van der Waals surface area contributed by atoms with Crippen LogP contribution in [0, 0.1) is 0 Å². The smallest absolute Gasteiger partial charge is 0.306 e. The molecule has 4 atom stereocenters. The van der Waals surface area contributed by atoms with Gasteiger partial charge < -0.3 is 24.8 Å². The minimum Gasteiger partial charge on any atom is -0.457 e. The minimum absolute atomic E-state index is 0.0703. The molecule has 0 aliphatic carbocycles. The molecule has 160 valence electrons. The highest BCUT2D eigenvalue weighted by atomic mass is 16.6. The summed E-state index contributed by atoms with van der Waals surface area (Å²) in [4.78, 5) is 12.0. The number of hydrogen-bond donors (Lipinski definition) is 3. The van der Waals surface area contributed by atoms with Crippen LogP contribution in [-0.2, 0) is 14.3 Å². The molecule has 3 N–H and O–H groups in total. The van der Waals surface area contributed by atoms with E-state index in [2.05, 4.69) is 6.92 Å². The first kappa shape index (κ1) is 24.3. The summed E-state index contributed by atoms with van der Waals surface area (Å²) in [5, 5.41) is 28.8. The summed E-state index contributed by atoms with van der Waals surface area (Å²) in [6, 6.07) is 0. The van der Waals surface area contributed by atoms with Gasteiger partial charge in [-0.1, -0.05) is 77.6 Å². The third-order valence-electron chi connectivity index (χ3n) is 5.26. The Labute approximate surface area is 164 Å². The van der Waals surface area contributed by atoms with E-state index in [1.54, 1.807) is 0 Å². The summed E-state index contributed by atoms with van der Waals surface area (Å²) in [5.74, 6) is -0.415. The fourth-order valence-electron chi connectivity index (χ4n) is 3.48. The first-order valence-electron chi connectivity index (χ1n) is 10.9. The second kappa shape index (κ2) is 15.3. The molecule has 1 aliphatic rings. The number of aliphatic hydroxyl groups excluding tert-OH is 3. The topological polar surface area (TPSA) is 96.2 Å². The van der Waals surface area contributed by atoms with Crippen LogP contribution in [0.1, 0.15) is 90.4 Å². The van der Waals surface area contributed by atoms with Crippen molar-refractivity contribution in [2.75, 3.05) is 13.2 Å². The van der Waals surface area contributed by atoms with Crippen LogP contribution >= 0.6 is 0 Å². The Hall–Kier alpha value is -0.690. The van der Waals surface area contributed by atoms with Gasteiger partial charge >= 0.3 is 5.97 Å². The molecule has 6 heteroatoms. The van der Waals surface area contributed by atoms with Gasteiger partial charge in [0.15, 0.2) is 6.10 Å². The van der Waals surface area contributed by atoms with Crippen molar-refractivity contribution < 1.29 is 29.6 Å². The Balaban J connectivity index is 2.01. The van der Waals surface area contributed by atoms with Crippen molar-refractivity contribution in [3.8, 4) is 0 Å². The highest BCUT2D eigenvalue weighted by Gasteiger charge is 2.41. The predicted octanol–water partition coefficient (Wildman–Crippen LogP) is 3.10. The predicted molar refractivity (Wildman–Crippen MR) is 104 cm³/mol. The number of aliphatic hydroxyl groups is 3. The Kier molecular flexibility index (Phi) is 13.8. The molecule has 0 saturated carbocycles. The zero-order valence-corrected chi connectivity index (χ0v) is 17.0. The van der Waals surface area contributed by atoms with E-state index in [9.17, 15) is 20.1 Å². The molecule has 0 spiro atoms. The molecule has 0 aromatic heterocycles. The van der Waals surface area contributed by atoms with Gasteiger partial charge in [-0.05, 0) is 6.42 Å². The first-order valence-corrected chi connectivity index (χ1v) is 10.9. The Morgan fingerprint density at radius 3 is 1.96 bits per heavy atom. The molecule has 1 rings (SSSR count). The van der Waals surface area contributed by atoms with Crippen LogP contribution in [0.15, 0.2) is 0 Å². The molecular formula is C21H40O6. The normalized spacial score (nSPS) is 25.5. The molecule has 27 heavy (non-hydrogen) atoms. The van der Waals surface area contributed by atoms with Crippen LogP contribution in [0.4, 0.5) is 0 Å². The first-order chi connectivity index (χ1) is 13.1. The maximum absolute atomic E-state index is 12.0. The molecule has 0 amide bonds. The van der Waals surface area contributed by atoms with Crippen LogP contribution in [0.2, 0.25) is 0 Å². The van der Waals surface area contributed by atoms with Crippen molar-refractivity contribution in [2.45, 2.75) is 115 Å². The zero-order valence-electron chi connectivity index (χ0n) is 17.0. The highest BCUT2D eigenvalue weighted by Crippen LogP contribution is 2.20. The van der Waals surface area contributed by atoms with Crippen LogP contribution in [0.25, 0.3) is 0 Å². The van der Waals surface area contributed by atoms with E-state index in [1.807, 2.05) is 0 Å². The number of esters is 1. The fraction of sp³-hybridized carbons (Fsp3) is 0.952. The molecule has 1 aliphatic heterocycles. The molecule has 1 fully saturated rings. The van der Waals surface area contributed by atoms with Gasteiger partial charge in [0.05, 0.1) is 13.2 Å². The van der Waals surface area contributed by atoms with Gasteiger partial charge in [-0.2, -0.15) is 0 Å². The van der Waals surface area contributed by atoms with E-state index >= 15 is 0 Å². The van der Waals surface area contributed by atoms with Gasteiger partial charge in [-0.25, -0.2) is 0 Å². The molecule has 0 radical (unpaired) electrons. The second-order valence-electron chi connectivity index (χ2n) is 7.71. The lowest BCUT2D eigenvalue weighted by molar-refractivity contribution is -0.213. The number of carbonyl (C=O) groups excluding carboxylic acids is 1. The highest BCUT2D eigenvalue weighted by molar-refractivity contribution is 5.69. The number of carbonyl (C=O) groups is 1. The van der Waals surface area contributed by atoms with Crippen molar-refractivity contribution in [2.24, 2.45) is 0 Å². The Bertz CT molecular complexity index is 374. The summed E-state index contributed by atoms with van der Waals surface area (Å²) in [5.41, 5.74) is 0. The third-order valence-corrected chi connectivity index (χ3v) is 5.26. The molecule has 0 unspecified atom stereocenters. The van der Waals surface area contributed by atoms with Gasteiger partial charge in [-0.3, -0.25) is 4.79 Å². The molecule has 0 aromatic rings. The van der Waals surface area contributed by atoms with Gasteiger partial charge in [-0.15, -0.1) is 0 Å². The number of ether oxygens (including phenoxy) is 2. The maximum Gasteiger partial charge on any atom is 0.306 e. The van der Waals surface area contributed by atoms with Crippen LogP contribution in [0.5, 0.6) is 0 Å². The lowest BCUT2D eigenvalue weighted by Gasteiger charge is -2.36. The van der Waals surface area contributed by atoms with E-state index < -0.39 is 30.4 Å². The SMILES string of the molecule is CCCCCCCCCCCCCCC(=O)O[C@H]1[C@H](O)[C@H](O)CO[C@@H]1CO. The molecule has 1 heterocycles. The van der Waals surface area contributed by atoms with Crippen LogP contribution < -0.4 is 0 Å². The van der Waals surface area contributed by atoms with Crippen molar-refractivity contribution in [3.63, 3.8) is 0 Å². The van der Waals surface area contributed by atoms with Gasteiger partial charge in [0.2, 0.25) is 0 Å². The van der Waals surface area contributed by atoms with E-state index in [0.29, 0.717) is 0 Å². The maximum atomic E-state index is 12.0. The van der Waals surface area contributed by atoms with E-state index in [0.717, 1.165) is 19.3 Å². The lowest BCUT2D eigenvalue weighted by Crippen LogP contribution is -2.55. The Morgan fingerprint density at radius 1 is 0.926 bits per heavy atom. The number of unbranched alkanes of at least 4 members (excludes halogenated alkanes) is 11. The summed E-state index contributed by atoms with van der Waals surface area (Å²) >= 11 is 0. The van der Waals surface area contributed by atoms with Crippen molar-refractivity contribution in [3.05, 3.63) is 0 Å². The van der Waals surface area contributed by atoms with Crippen molar-refractivity contribution in [1.29, 1.82) is 0 Å².